The van der Waals surface area contributed by atoms with Crippen LogP contribution in [0.15, 0.2) is 25.3 Å². The maximum atomic E-state index is 14.8. The van der Waals surface area contributed by atoms with Crippen molar-refractivity contribution in [2.45, 2.75) is 110 Å². The molecule has 3 saturated heterocycles. The zero-order valence-corrected chi connectivity index (χ0v) is 26.1. The van der Waals surface area contributed by atoms with E-state index in [-0.39, 0.29) is 35.7 Å². The lowest BCUT2D eigenvalue weighted by Gasteiger charge is -2.46. The number of aliphatic hydroxyl groups is 1. The third kappa shape index (κ3) is 5.63. The smallest absolute Gasteiger partial charge is 0.249 e. The first-order valence-electron chi connectivity index (χ1n) is 15.0. The average molecular weight is 560 g/mol. The van der Waals surface area contributed by atoms with Crippen LogP contribution < -0.4 is 0 Å². The van der Waals surface area contributed by atoms with Crippen LogP contribution in [0.5, 0.6) is 0 Å². The first-order valence-corrected chi connectivity index (χ1v) is 15.0. The molecule has 1 spiro atoms. The first kappa shape index (κ1) is 32.3. The number of fused-ring (bicyclic) bond motifs is 1. The van der Waals surface area contributed by atoms with Gasteiger partial charge in [-0.25, -0.2) is 0 Å². The van der Waals surface area contributed by atoms with Crippen molar-refractivity contribution in [3.63, 3.8) is 0 Å². The summed E-state index contributed by atoms with van der Waals surface area (Å²) in [4.78, 5) is 48.4. The zero-order valence-electron chi connectivity index (χ0n) is 26.1. The fraction of sp³-hybridized carbons (Fsp3) is 0.781. The van der Waals surface area contributed by atoms with Crippen LogP contribution in [0.2, 0.25) is 0 Å². The van der Waals surface area contributed by atoms with E-state index in [1.54, 1.807) is 22.0 Å². The molecule has 0 saturated carbocycles. The number of rotatable bonds is 13. The molecule has 0 aliphatic carbocycles. The van der Waals surface area contributed by atoms with E-state index in [2.05, 4.69) is 47.8 Å². The Morgan fingerprint density at radius 3 is 2.27 bits per heavy atom. The summed E-state index contributed by atoms with van der Waals surface area (Å²) in [5.74, 6) is -2.08. The molecule has 0 radical (unpaired) electrons. The largest absolute Gasteiger partial charge is 0.394 e. The summed E-state index contributed by atoms with van der Waals surface area (Å²) in [5.41, 5.74) is -1.69. The standard InChI is InChI=1S/C32H53N3O5/c1-11-16-33(17-12-2)27(37)24-23-14-15-32(40-23)25(24)28(38)35(22(19-36)21(4)5)26(32)29(39)34(18-13-3)31(9,10)20-30(6,7)8/h11,13,21-26,36H,1,3,12,14-20H2,2,4-10H3/t22-,23+,24-,25-,26?,32?/m0/s1. The van der Waals surface area contributed by atoms with Gasteiger partial charge in [-0.05, 0) is 50.9 Å². The predicted molar refractivity (Wildman–Crippen MR) is 157 cm³/mol. The summed E-state index contributed by atoms with van der Waals surface area (Å²) in [6, 6.07) is -1.50. The van der Waals surface area contributed by atoms with E-state index in [1.807, 2.05) is 25.7 Å². The summed E-state index contributed by atoms with van der Waals surface area (Å²) in [7, 11) is 0. The molecule has 0 aromatic heterocycles. The molecule has 3 heterocycles. The zero-order chi connectivity index (χ0) is 30.2. The number of aliphatic hydroxyl groups excluding tert-OH is 1. The number of hydrogen-bond donors (Lipinski definition) is 1. The van der Waals surface area contributed by atoms with E-state index >= 15 is 0 Å². The highest BCUT2D eigenvalue weighted by Gasteiger charge is 2.75. The Morgan fingerprint density at radius 1 is 1.15 bits per heavy atom. The Kier molecular flexibility index (Phi) is 9.67. The molecule has 8 heteroatoms. The number of hydrogen-bond acceptors (Lipinski definition) is 5. The quantitative estimate of drug-likeness (QED) is 0.344. The van der Waals surface area contributed by atoms with Crippen molar-refractivity contribution in [1.29, 1.82) is 0 Å². The lowest BCUT2D eigenvalue weighted by atomic mass is 9.70. The molecular formula is C32H53N3O5. The van der Waals surface area contributed by atoms with E-state index in [9.17, 15) is 19.5 Å². The van der Waals surface area contributed by atoms with Gasteiger partial charge < -0.3 is 24.5 Å². The molecule has 3 aliphatic rings. The van der Waals surface area contributed by atoms with Gasteiger partial charge in [0.05, 0.1) is 30.6 Å². The van der Waals surface area contributed by atoms with Crippen LogP contribution in [0.3, 0.4) is 0 Å². The van der Waals surface area contributed by atoms with E-state index in [0.717, 1.165) is 12.8 Å². The molecule has 226 valence electrons. The number of nitrogens with zero attached hydrogens (tertiary/aromatic N) is 3. The lowest BCUT2D eigenvalue weighted by Crippen LogP contribution is -2.63. The molecule has 3 amide bonds. The van der Waals surface area contributed by atoms with Crippen molar-refractivity contribution in [2.24, 2.45) is 23.2 Å². The Bertz CT molecular complexity index is 986. The normalized spacial score (nSPS) is 28.6. The van der Waals surface area contributed by atoms with Crippen LogP contribution in [-0.4, -0.2) is 93.1 Å². The van der Waals surface area contributed by atoms with Gasteiger partial charge in [-0.15, -0.1) is 13.2 Å². The van der Waals surface area contributed by atoms with Crippen LogP contribution in [0, 0.1) is 23.2 Å². The monoisotopic (exact) mass is 559 g/mol. The molecular weight excluding hydrogens is 506 g/mol. The maximum Gasteiger partial charge on any atom is 0.249 e. The van der Waals surface area contributed by atoms with Crippen LogP contribution in [0.25, 0.3) is 0 Å². The summed E-state index contributed by atoms with van der Waals surface area (Å²) in [6.45, 7) is 25.2. The molecule has 3 rings (SSSR count). The second kappa shape index (κ2) is 12.0. The maximum absolute atomic E-state index is 14.8. The van der Waals surface area contributed by atoms with Gasteiger partial charge >= 0.3 is 0 Å². The van der Waals surface area contributed by atoms with E-state index in [0.29, 0.717) is 32.5 Å². The van der Waals surface area contributed by atoms with Crippen molar-refractivity contribution in [2.75, 3.05) is 26.2 Å². The number of ether oxygens (including phenoxy) is 1. The minimum Gasteiger partial charge on any atom is -0.394 e. The van der Waals surface area contributed by atoms with E-state index in [1.165, 1.54) is 0 Å². The molecule has 3 aliphatic heterocycles. The van der Waals surface area contributed by atoms with Gasteiger partial charge in [-0.1, -0.05) is 53.7 Å². The molecule has 1 N–H and O–H groups in total. The summed E-state index contributed by atoms with van der Waals surface area (Å²) >= 11 is 0. The molecule has 8 nitrogen and oxygen atoms in total. The van der Waals surface area contributed by atoms with Crippen LogP contribution in [-0.2, 0) is 19.1 Å². The second-order valence-corrected chi connectivity index (χ2v) is 14.2. The summed E-state index contributed by atoms with van der Waals surface area (Å²) in [6.07, 6.45) is 5.68. The highest BCUT2D eigenvalue weighted by Crippen LogP contribution is 2.59. The van der Waals surface area contributed by atoms with Gasteiger partial charge in [0.15, 0.2) is 0 Å². The van der Waals surface area contributed by atoms with E-state index in [4.69, 9.17) is 4.74 Å². The number of carbonyl (C=O) groups is 3. The Hall–Kier alpha value is -2.19. The van der Waals surface area contributed by atoms with Gasteiger partial charge in [0.2, 0.25) is 17.7 Å². The number of likely N-dealkylation sites (tertiary alicyclic amines) is 1. The van der Waals surface area contributed by atoms with Crippen LogP contribution in [0.1, 0.15) is 81.1 Å². The highest BCUT2D eigenvalue weighted by atomic mass is 16.5. The van der Waals surface area contributed by atoms with Gasteiger partial charge in [0.25, 0.3) is 0 Å². The lowest BCUT2D eigenvalue weighted by molar-refractivity contribution is -0.156. The van der Waals surface area contributed by atoms with Crippen molar-refractivity contribution in [3.05, 3.63) is 25.3 Å². The van der Waals surface area contributed by atoms with Crippen molar-refractivity contribution >= 4 is 17.7 Å². The highest BCUT2D eigenvalue weighted by molar-refractivity contribution is 5.99. The average Bonchev–Trinajstić information content (AvgIpc) is 3.48. The van der Waals surface area contributed by atoms with Crippen LogP contribution >= 0.6 is 0 Å². The van der Waals surface area contributed by atoms with Crippen LogP contribution in [0.4, 0.5) is 0 Å². The van der Waals surface area contributed by atoms with Crippen molar-refractivity contribution in [1.82, 2.24) is 14.7 Å². The predicted octanol–water partition coefficient (Wildman–Crippen LogP) is 4.03. The minimum atomic E-state index is -1.11. The van der Waals surface area contributed by atoms with Gasteiger partial charge in [-0.3, -0.25) is 14.4 Å². The van der Waals surface area contributed by atoms with Crippen molar-refractivity contribution < 1.29 is 24.2 Å². The summed E-state index contributed by atoms with van der Waals surface area (Å²) in [5, 5.41) is 10.5. The van der Waals surface area contributed by atoms with Gasteiger partial charge in [-0.2, -0.15) is 0 Å². The second-order valence-electron chi connectivity index (χ2n) is 14.2. The first-order chi connectivity index (χ1) is 18.6. The fourth-order valence-corrected chi connectivity index (χ4v) is 7.86. The topological polar surface area (TPSA) is 90.4 Å². The summed E-state index contributed by atoms with van der Waals surface area (Å²) < 4.78 is 6.68. The number of amides is 3. The van der Waals surface area contributed by atoms with Gasteiger partial charge in [0.1, 0.15) is 11.6 Å². The molecule has 6 atom stereocenters. The SMILES string of the molecule is C=CCN(CCC)C(=O)[C@@H]1[C@H]2C(=O)N([C@@H](CO)C(C)C)C(C(=O)N(CC=C)C(C)(C)CC(C)(C)C)C23CC[C@H]1O3. The molecule has 0 aromatic rings. The Balaban J connectivity index is 2.15. The molecule has 0 aromatic carbocycles. The molecule has 2 bridgehead atoms. The molecule has 40 heavy (non-hydrogen) atoms. The number of carbonyl (C=O) groups excluding carboxylic acids is 3. The van der Waals surface area contributed by atoms with Gasteiger partial charge in [0, 0.05) is 25.2 Å². The third-order valence-electron chi connectivity index (χ3n) is 9.00. The Morgan fingerprint density at radius 2 is 1.77 bits per heavy atom. The van der Waals surface area contributed by atoms with E-state index < -0.39 is 41.2 Å². The molecule has 2 unspecified atom stereocenters. The molecule has 3 fully saturated rings. The third-order valence-corrected chi connectivity index (χ3v) is 9.00. The minimum absolute atomic E-state index is 0.0471. The van der Waals surface area contributed by atoms with Crippen molar-refractivity contribution in [3.8, 4) is 0 Å². The Labute approximate surface area is 241 Å². The fourth-order valence-electron chi connectivity index (χ4n) is 7.86.